The van der Waals surface area contributed by atoms with Crippen LogP contribution in [0.3, 0.4) is 0 Å². The van der Waals surface area contributed by atoms with Gasteiger partial charge in [0.05, 0.1) is 23.1 Å². The first-order valence-corrected chi connectivity index (χ1v) is 7.65. The number of pyridine rings is 1. The van der Waals surface area contributed by atoms with Crippen molar-refractivity contribution in [2.45, 2.75) is 33.2 Å². The van der Waals surface area contributed by atoms with Crippen molar-refractivity contribution < 1.29 is 0 Å². The summed E-state index contributed by atoms with van der Waals surface area (Å²) in [5.74, 6) is 0.540. The van der Waals surface area contributed by atoms with Crippen LogP contribution < -0.4 is 5.56 Å². The molecule has 2 rings (SSSR count). The summed E-state index contributed by atoms with van der Waals surface area (Å²) < 4.78 is 1.82. The molecule has 0 spiro atoms. The number of thiophene rings is 1. The fraction of sp³-hybridized carbons (Fsp3) is 0.375. The lowest BCUT2D eigenvalue weighted by Gasteiger charge is -2.14. The Hall–Kier alpha value is -1.86. The Kier molecular flexibility index (Phi) is 4.75. The minimum Gasteiger partial charge on any atom is -0.307 e. The number of rotatable bonds is 5. The summed E-state index contributed by atoms with van der Waals surface area (Å²) in [6.45, 7) is 4.99. The second kappa shape index (κ2) is 6.53. The van der Waals surface area contributed by atoms with Crippen LogP contribution in [0.1, 0.15) is 25.8 Å². The summed E-state index contributed by atoms with van der Waals surface area (Å²) in [5.41, 5.74) is 1.50. The zero-order valence-electron chi connectivity index (χ0n) is 11.8. The molecule has 0 aliphatic heterocycles. The Morgan fingerprint density at radius 1 is 1.35 bits per heavy atom. The molecule has 0 aliphatic rings. The molecule has 20 heavy (non-hydrogen) atoms. The third kappa shape index (κ3) is 3.17. The van der Waals surface area contributed by atoms with E-state index in [1.807, 2.05) is 28.1 Å². The van der Waals surface area contributed by atoms with Crippen LogP contribution in [-0.2, 0) is 13.0 Å². The summed E-state index contributed by atoms with van der Waals surface area (Å²) >= 11 is 1.63. The van der Waals surface area contributed by atoms with Crippen molar-refractivity contribution in [2.24, 2.45) is 5.92 Å². The Morgan fingerprint density at radius 3 is 2.75 bits per heavy atom. The average molecular weight is 286 g/mol. The van der Waals surface area contributed by atoms with E-state index in [1.54, 1.807) is 17.4 Å². The highest BCUT2D eigenvalue weighted by atomic mass is 32.1. The summed E-state index contributed by atoms with van der Waals surface area (Å²) in [6.07, 6.45) is 1.12. The third-order valence-corrected chi connectivity index (χ3v) is 4.12. The third-order valence-electron chi connectivity index (χ3n) is 3.23. The van der Waals surface area contributed by atoms with Gasteiger partial charge in [-0.1, -0.05) is 26.0 Å². The van der Waals surface area contributed by atoms with Gasteiger partial charge in [0.25, 0.3) is 5.56 Å². The van der Waals surface area contributed by atoms with Crippen LogP contribution in [0.25, 0.3) is 10.6 Å². The van der Waals surface area contributed by atoms with E-state index in [0.29, 0.717) is 18.0 Å². The van der Waals surface area contributed by atoms with E-state index in [9.17, 15) is 4.79 Å². The molecule has 4 heteroatoms. The van der Waals surface area contributed by atoms with Crippen molar-refractivity contribution >= 4 is 11.3 Å². The molecule has 3 nitrogen and oxygen atoms in total. The molecule has 0 unspecified atom stereocenters. The predicted molar refractivity (Wildman–Crippen MR) is 82.8 cm³/mol. The van der Waals surface area contributed by atoms with Crippen LogP contribution in [0.4, 0.5) is 0 Å². The Labute approximate surface area is 123 Å². The number of hydrogen-bond acceptors (Lipinski definition) is 3. The Bertz CT molecular complexity index is 663. The maximum atomic E-state index is 12.5. The number of hydrogen-bond donors (Lipinski definition) is 0. The first-order valence-electron chi connectivity index (χ1n) is 6.77. The van der Waals surface area contributed by atoms with Crippen molar-refractivity contribution in [1.82, 2.24) is 4.57 Å². The molecule has 0 aliphatic carbocycles. The molecule has 0 N–H and O–H groups in total. The zero-order chi connectivity index (χ0) is 14.5. The van der Waals surface area contributed by atoms with Crippen molar-refractivity contribution in [3.8, 4) is 16.6 Å². The molecule has 104 valence electrons. The Balaban J connectivity index is 2.49. The molecule has 0 saturated heterocycles. The standard InChI is InChI=1S/C16H18N2OS/c1-12(2)8-10-18-14(15-4-3-11-20-15)6-5-13(7-9-17)16(18)19/h3-6,11-12H,7-8,10H2,1-2H3. The van der Waals surface area contributed by atoms with Gasteiger partial charge in [-0.3, -0.25) is 4.79 Å². The van der Waals surface area contributed by atoms with Gasteiger partial charge in [-0.15, -0.1) is 11.3 Å². The molecular weight excluding hydrogens is 268 g/mol. The van der Waals surface area contributed by atoms with E-state index in [2.05, 4.69) is 19.9 Å². The van der Waals surface area contributed by atoms with E-state index < -0.39 is 0 Å². The summed E-state index contributed by atoms with van der Waals surface area (Å²) in [7, 11) is 0. The van der Waals surface area contributed by atoms with Gasteiger partial charge < -0.3 is 4.57 Å². The lowest BCUT2D eigenvalue weighted by Crippen LogP contribution is -2.25. The van der Waals surface area contributed by atoms with Gasteiger partial charge in [0.1, 0.15) is 0 Å². The topological polar surface area (TPSA) is 45.8 Å². The second-order valence-electron chi connectivity index (χ2n) is 5.20. The fourth-order valence-corrected chi connectivity index (χ4v) is 2.85. The average Bonchev–Trinajstić information content (AvgIpc) is 2.93. The lowest BCUT2D eigenvalue weighted by molar-refractivity contribution is 0.510. The molecule has 0 amide bonds. The molecule has 0 aromatic carbocycles. The zero-order valence-corrected chi connectivity index (χ0v) is 12.6. The van der Waals surface area contributed by atoms with Gasteiger partial charge in [-0.05, 0) is 29.9 Å². The van der Waals surface area contributed by atoms with Crippen LogP contribution in [0, 0.1) is 17.2 Å². The first kappa shape index (κ1) is 14.5. The quantitative estimate of drug-likeness (QED) is 0.841. The molecule has 0 saturated carbocycles. The highest BCUT2D eigenvalue weighted by Crippen LogP contribution is 2.24. The Morgan fingerprint density at radius 2 is 2.15 bits per heavy atom. The summed E-state index contributed by atoms with van der Waals surface area (Å²) in [6, 6.07) is 9.81. The van der Waals surface area contributed by atoms with E-state index in [0.717, 1.165) is 17.0 Å². The largest absolute Gasteiger partial charge is 0.307 e. The van der Waals surface area contributed by atoms with E-state index >= 15 is 0 Å². The summed E-state index contributed by atoms with van der Waals surface area (Å²) in [5, 5.41) is 10.8. The highest BCUT2D eigenvalue weighted by Gasteiger charge is 2.11. The molecule has 0 bridgehead atoms. The smallest absolute Gasteiger partial charge is 0.255 e. The monoisotopic (exact) mass is 286 g/mol. The normalized spacial score (nSPS) is 10.7. The van der Waals surface area contributed by atoms with Gasteiger partial charge >= 0.3 is 0 Å². The second-order valence-corrected chi connectivity index (χ2v) is 6.14. The predicted octanol–water partition coefficient (Wildman–Crippen LogP) is 3.69. The molecule has 0 radical (unpaired) electrons. The molecule has 2 aromatic rings. The van der Waals surface area contributed by atoms with Crippen LogP contribution in [0.5, 0.6) is 0 Å². The van der Waals surface area contributed by atoms with Crippen LogP contribution in [0.2, 0.25) is 0 Å². The van der Waals surface area contributed by atoms with E-state index in [4.69, 9.17) is 5.26 Å². The van der Waals surface area contributed by atoms with Gasteiger partial charge in [0, 0.05) is 12.1 Å². The molecule has 2 aromatic heterocycles. The van der Waals surface area contributed by atoms with Gasteiger partial charge in [0.2, 0.25) is 0 Å². The SMILES string of the molecule is CC(C)CCn1c(-c2cccs2)ccc(CC#N)c1=O. The van der Waals surface area contributed by atoms with E-state index in [-0.39, 0.29) is 12.0 Å². The highest BCUT2D eigenvalue weighted by molar-refractivity contribution is 7.13. The van der Waals surface area contributed by atoms with Crippen LogP contribution >= 0.6 is 11.3 Å². The van der Waals surface area contributed by atoms with Crippen molar-refractivity contribution in [3.05, 3.63) is 45.6 Å². The minimum atomic E-state index is -0.0295. The van der Waals surface area contributed by atoms with Crippen LogP contribution in [0.15, 0.2) is 34.4 Å². The molecule has 0 atom stereocenters. The fourth-order valence-electron chi connectivity index (χ4n) is 2.09. The molecular formula is C16H18N2OS. The van der Waals surface area contributed by atoms with Crippen molar-refractivity contribution in [3.63, 3.8) is 0 Å². The summed E-state index contributed by atoms with van der Waals surface area (Å²) in [4.78, 5) is 13.6. The lowest BCUT2D eigenvalue weighted by atomic mass is 10.1. The number of aromatic nitrogens is 1. The van der Waals surface area contributed by atoms with Crippen molar-refractivity contribution in [1.29, 1.82) is 5.26 Å². The molecule has 0 fully saturated rings. The first-order chi connectivity index (χ1) is 9.63. The maximum absolute atomic E-state index is 12.5. The van der Waals surface area contributed by atoms with Gasteiger partial charge in [0.15, 0.2) is 0 Å². The minimum absolute atomic E-state index is 0.0295. The van der Waals surface area contributed by atoms with Crippen LogP contribution in [-0.4, -0.2) is 4.57 Å². The van der Waals surface area contributed by atoms with Gasteiger partial charge in [-0.2, -0.15) is 5.26 Å². The number of nitriles is 1. The van der Waals surface area contributed by atoms with Gasteiger partial charge in [-0.25, -0.2) is 0 Å². The number of nitrogens with zero attached hydrogens (tertiary/aromatic N) is 2. The molecule has 2 heterocycles. The maximum Gasteiger partial charge on any atom is 0.255 e. The van der Waals surface area contributed by atoms with Crippen molar-refractivity contribution in [2.75, 3.05) is 0 Å². The van der Waals surface area contributed by atoms with E-state index in [1.165, 1.54) is 0 Å².